The van der Waals surface area contributed by atoms with Crippen LogP contribution in [0.2, 0.25) is 5.02 Å². The van der Waals surface area contributed by atoms with Crippen LogP contribution in [-0.2, 0) is 9.53 Å². The number of phenolic OH excluding ortho intramolecular Hbond substituents is 1. The summed E-state index contributed by atoms with van der Waals surface area (Å²) < 4.78 is 4.96. The quantitative estimate of drug-likeness (QED) is 0.849. The Labute approximate surface area is 129 Å². The van der Waals surface area contributed by atoms with Gasteiger partial charge >= 0.3 is 5.97 Å². The van der Waals surface area contributed by atoms with Crippen molar-refractivity contribution in [2.45, 2.75) is 39.8 Å². The molecule has 0 fully saturated rings. The molecule has 0 aliphatic rings. The van der Waals surface area contributed by atoms with E-state index in [4.69, 9.17) is 16.3 Å². The summed E-state index contributed by atoms with van der Waals surface area (Å²) in [6, 6.07) is 4.09. The molecular weight excluding hydrogens is 294 g/mol. The Morgan fingerprint density at radius 2 is 1.81 bits per heavy atom. The lowest BCUT2D eigenvalue weighted by molar-refractivity contribution is -0.138. The van der Waals surface area contributed by atoms with Crippen molar-refractivity contribution in [1.29, 1.82) is 0 Å². The number of halogens is 1. The zero-order chi connectivity index (χ0) is 16.2. The fourth-order valence-electron chi connectivity index (χ4n) is 2.13. The minimum Gasteiger partial charge on any atom is -0.507 e. The average Bonchev–Trinajstić information content (AvgIpc) is 2.35. The third kappa shape index (κ3) is 4.63. The molecule has 1 N–H and O–H groups in total. The lowest BCUT2D eigenvalue weighted by Crippen LogP contribution is -2.44. The Bertz CT molecular complexity index is 520. The van der Waals surface area contributed by atoms with Gasteiger partial charge in [0.2, 0.25) is 0 Å². The van der Waals surface area contributed by atoms with Crippen LogP contribution < -0.4 is 0 Å². The van der Waals surface area contributed by atoms with Crippen LogP contribution in [0.5, 0.6) is 5.75 Å². The maximum Gasteiger partial charge on any atom is 0.342 e. The number of hydrogen-bond acceptors (Lipinski definition) is 4. The fourth-order valence-corrected chi connectivity index (χ4v) is 2.30. The van der Waals surface area contributed by atoms with Gasteiger partial charge in [-0.1, -0.05) is 11.6 Å². The number of phenols is 1. The molecule has 1 aromatic rings. The van der Waals surface area contributed by atoms with E-state index in [0.29, 0.717) is 5.02 Å². The van der Waals surface area contributed by atoms with E-state index in [2.05, 4.69) is 0 Å². The van der Waals surface area contributed by atoms with E-state index in [1.807, 2.05) is 27.7 Å². The van der Waals surface area contributed by atoms with E-state index in [0.717, 1.165) is 0 Å². The monoisotopic (exact) mass is 313 g/mol. The predicted octanol–water partition coefficient (Wildman–Crippen LogP) is 2.85. The van der Waals surface area contributed by atoms with E-state index in [9.17, 15) is 14.7 Å². The van der Waals surface area contributed by atoms with Crippen molar-refractivity contribution in [2.75, 3.05) is 6.61 Å². The van der Waals surface area contributed by atoms with Crippen LogP contribution in [0.3, 0.4) is 0 Å². The van der Waals surface area contributed by atoms with Crippen molar-refractivity contribution in [3.8, 4) is 5.75 Å². The highest BCUT2D eigenvalue weighted by Crippen LogP contribution is 2.22. The molecule has 0 unspecified atom stereocenters. The summed E-state index contributed by atoms with van der Waals surface area (Å²) in [6.45, 7) is 7.21. The number of esters is 1. The molecule has 1 rings (SSSR count). The molecule has 116 valence electrons. The maximum atomic E-state index is 12.1. The minimum absolute atomic E-state index is 0.0140. The molecule has 0 bridgehead atoms. The Morgan fingerprint density at radius 1 is 1.24 bits per heavy atom. The maximum absolute atomic E-state index is 12.1. The molecule has 21 heavy (non-hydrogen) atoms. The van der Waals surface area contributed by atoms with Gasteiger partial charge in [0.1, 0.15) is 11.3 Å². The lowest BCUT2D eigenvalue weighted by Gasteiger charge is -2.30. The van der Waals surface area contributed by atoms with E-state index in [1.165, 1.54) is 18.2 Å². The van der Waals surface area contributed by atoms with Crippen molar-refractivity contribution in [3.05, 3.63) is 28.8 Å². The topological polar surface area (TPSA) is 66.8 Å². The zero-order valence-electron chi connectivity index (χ0n) is 12.6. The molecule has 0 aliphatic carbocycles. The van der Waals surface area contributed by atoms with Crippen molar-refractivity contribution in [2.24, 2.45) is 0 Å². The zero-order valence-corrected chi connectivity index (χ0v) is 13.3. The SMILES string of the molecule is CC(C)N(C(=O)COC(=O)c1ccc(Cl)cc1O)C(C)C. The van der Waals surface area contributed by atoms with E-state index < -0.39 is 5.97 Å². The second-order valence-electron chi connectivity index (χ2n) is 5.23. The molecule has 0 aromatic heterocycles. The summed E-state index contributed by atoms with van der Waals surface area (Å²) in [6.07, 6.45) is 0. The highest BCUT2D eigenvalue weighted by atomic mass is 35.5. The Balaban J connectivity index is 2.70. The van der Waals surface area contributed by atoms with Gasteiger partial charge in [-0.3, -0.25) is 4.79 Å². The van der Waals surface area contributed by atoms with Crippen LogP contribution in [0.4, 0.5) is 0 Å². The highest BCUT2D eigenvalue weighted by Gasteiger charge is 2.22. The summed E-state index contributed by atoms with van der Waals surface area (Å²) >= 11 is 5.69. The molecule has 0 spiro atoms. The molecule has 0 saturated heterocycles. The van der Waals surface area contributed by atoms with Gasteiger partial charge in [0.15, 0.2) is 6.61 Å². The molecule has 0 atom stereocenters. The van der Waals surface area contributed by atoms with Crippen LogP contribution in [0.25, 0.3) is 0 Å². The van der Waals surface area contributed by atoms with Crippen LogP contribution in [-0.4, -0.2) is 40.6 Å². The van der Waals surface area contributed by atoms with Crippen LogP contribution in [0.15, 0.2) is 18.2 Å². The van der Waals surface area contributed by atoms with Crippen molar-refractivity contribution < 1.29 is 19.4 Å². The number of ether oxygens (including phenoxy) is 1. The number of nitrogens with zero attached hydrogens (tertiary/aromatic N) is 1. The first kappa shape index (κ1) is 17.3. The second-order valence-corrected chi connectivity index (χ2v) is 5.66. The molecule has 1 amide bonds. The predicted molar refractivity (Wildman–Crippen MR) is 80.5 cm³/mol. The van der Waals surface area contributed by atoms with Crippen LogP contribution in [0.1, 0.15) is 38.1 Å². The first-order valence-electron chi connectivity index (χ1n) is 6.70. The Hall–Kier alpha value is -1.75. The van der Waals surface area contributed by atoms with Crippen LogP contribution >= 0.6 is 11.6 Å². The fraction of sp³-hybridized carbons (Fsp3) is 0.467. The first-order chi connectivity index (χ1) is 9.73. The smallest absolute Gasteiger partial charge is 0.342 e. The van der Waals surface area contributed by atoms with E-state index in [1.54, 1.807) is 4.90 Å². The second kappa shape index (κ2) is 7.31. The first-order valence-corrected chi connectivity index (χ1v) is 7.08. The number of benzene rings is 1. The summed E-state index contributed by atoms with van der Waals surface area (Å²) in [5.74, 6) is -1.31. The summed E-state index contributed by atoms with van der Waals surface area (Å²) in [7, 11) is 0. The van der Waals surface area contributed by atoms with Crippen LogP contribution in [0, 0.1) is 0 Å². The Morgan fingerprint density at radius 3 is 2.29 bits per heavy atom. The van der Waals surface area contributed by atoms with Crippen molar-refractivity contribution >= 4 is 23.5 Å². The standard InChI is InChI=1S/C15H20ClNO4/c1-9(2)17(10(3)4)14(19)8-21-15(20)12-6-5-11(16)7-13(12)18/h5-7,9-10,18H,8H2,1-4H3. The van der Waals surface area contributed by atoms with Gasteiger partial charge in [0, 0.05) is 17.1 Å². The summed E-state index contributed by atoms with van der Waals surface area (Å²) in [4.78, 5) is 25.5. The normalized spacial score (nSPS) is 10.8. The van der Waals surface area contributed by atoms with E-state index in [-0.39, 0.29) is 35.9 Å². The Kier molecular flexibility index (Phi) is 6.03. The molecule has 0 radical (unpaired) electrons. The molecule has 0 heterocycles. The molecule has 6 heteroatoms. The molecule has 0 saturated carbocycles. The number of aromatic hydroxyl groups is 1. The largest absolute Gasteiger partial charge is 0.507 e. The molecule has 5 nitrogen and oxygen atoms in total. The van der Waals surface area contributed by atoms with Gasteiger partial charge in [0.25, 0.3) is 5.91 Å². The summed E-state index contributed by atoms with van der Waals surface area (Å²) in [5, 5.41) is 9.94. The van der Waals surface area contributed by atoms with Gasteiger partial charge in [-0.05, 0) is 45.9 Å². The third-order valence-corrected chi connectivity index (χ3v) is 3.14. The van der Waals surface area contributed by atoms with Gasteiger partial charge in [-0.25, -0.2) is 4.79 Å². The number of carbonyl (C=O) groups is 2. The number of amides is 1. The van der Waals surface area contributed by atoms with Gasteiger partial charge in [-0.15, -0.1) is 0 Å². The highest BCUT2D eigenvalue weighted by molar-refractivity contribution is 6.30. The minimum atomic E-state index is -0.759. The van der Waals surface area contributed by atoms with Crippen molar-refractivity contribution in [3.63, 3.8) is 0 Å². The molecule has 1 aromatic carbocycles. The number of rotatable bonds is 5. The van der Waals surface area contributed by atoms with Gasteiger partial charge in [-0.2, -0.15) is 0 Å². The molecular formula is C15H20ClNO4. The van der Waals surface area contributed by atoms with Crippen molar-refractivity contribution in [1.82, 2.24) is 4.90 Å². The number of hydrogen-bond donors (Lipinski definition) is 1. The lowest BCUT2D eigenvalue weighted by atomic mass is 10.2. The van der Waals surface area contributed by atoms with E-state index >= 15 is 0 Å². The average molecular weight is 314 g/mol. The third-order valence-electron chi connectivity index (χ3n) is 2.91. The van der Waals surface area contributed by atoms with Gasteiger partial charge < -0.3 is 14.7 Å². The van der Waals surface area contributed by atoms with Gasteiger partial charge in [0.05, 0.1) is 0 Å². The number of carbonyl (C=O) groups excluding carboxylic acids is 2. The molecule has 0 aliphatic heterocycles. The summed E-state index contributed by atoms with van der Waals surface area (Å²) in [5.41, 5.74) is -0.0205.